The van der Waals surface area contributed by atoms with E-state index in [-0.39, 0.29) is 5.91 Å². The zero-order valence-electron chi connectivity index (χ0n) is 13.7. The number of amides is 1. The molecule has 0 bridgehead atoms. The summed E-state index contributed by atoms with van der Waals surface area (Å²) in [5.74, 6) is 0.243. The van der Waals surface area contributed by atoms with E-state index >= 15 is 0 Å². The number of aryl methyl sites for hydroxylation is 2. The number of nitrogens with zero attached hydrogens (tertiary/aromatic N) is 2. The van der Waals surface area contributed by atoms with Crippen molar-refractivity contribution in [2.75, 3.05) is 5.32 Å². The molecule has 0 radical (unpaired) electrons. The molecule has 1 aliphatic rings. The van der Waals surface area contributed by atoms with Gasteiger partial charge in [-0.3, -0.25) is 4.79 Å². The molecule has 3 rings (SSSR count). The lowest BCUT2D eigenvalue weighted by molar-refractivity contribution is -0.118. The van der Waals surface area contributed by atoms with Crippen LogP contribution >= 0.6 is 0 Å². The van der Waals surface area contributed by atoms with Crippen molar-refractivity contribution in [3.8, 4) is 11.3 Å². The van der Waals surface area contributed by atoms with Gasteiger partial charge in [-0.05, 0) is 37.8 Å². The molecular formula is C18H24N4O. The maximum absolute atomic E-state index is 12.3. The fraction of sp³-hybridized carbons (Fsp3) is 0.444. The van der Waals surface area contributed by atoms with Gasteiger partial charge in [0.15, 0.2) is 0 Å². The summed E-state index contributed by atoms with van der Waals surface area (Å²) in [4.78, 5) is 16.6. The van der Waals surface area contributed by atoms with Gasteiger partial charge in [-0.15, -0.1) is 0 Å². The molecule has 1 fully saturated rings. The van der Waals surface area contributed by atoms with Crippen LogP contribution in [-0.2, 0) is 11.8 Å². The molecule has 0 spiro atoms. The second kappa shape index (κ2) is 6.54. The number of aromatic nitrogens is 2. The molecular weight excluding hydrogens is 288 g/mol. The van der Waals surface area contributed by atoms with E-state index in [0.29, 0.717) is 5.92 Å². The highest BCUT2D eigenvalue weighted by atomic mass is 16.2. The highest BCUT2D eigenvalue weighted by Gasteiger charge is 2.27. The SMILES string of the molecule is Cc1ncn(C)c1-c1ccc(NC(=O)[C@@H](N)C2CCCC2)cc1. The van der Waals surface area contributed by atoms with Gasteiger partial charge in [-0.2, -0.15) is 0 Å². The fourth-order valence-corrected chi connectivity index (χ4v) is 3.43. The molecule has 1 aromatic carbocycles. The van der Waals surface area contributed by atoms with Crippen molar-refractivity contribution in [3.05, 3.63) is 36.3 Å². The quantitative estimate of drug-likeness (QED) is 0.911. The Morgan fingerprint density at radius 3 is 2.52 bits per heavy atom. The van der Waals surface area contributed by atoms with Gasteiger partial charge in [0.25, 0.3) is 0 Å². The van der Waals surface area contributed by atoms with Gasteiger partial charge in [0, 0.05) is 18.3 Å². The molecule has 23 heavy (non-hydrogen) atoms. The predicted octanol–water partition coefficient (Wildman–Crippen LogP) is 2.85. The zero-order chi connectivity index (χ0) is 16.4. The van der Waals surface area contributed by atoms with Crippen molar-refractivity contribution in [2.24, 2.45) is 18.7 Å². The Morgan fingerprint density at radius 1 is 1.30 bits per heavy atom. The second-order valence-electron chi connectivity index (χ2n) is 6.43. The largest absolute Gasteiger partial charge is 0.334 e. The fourth-order valence-electron chi connectivity index (χ4n) is 3.43. The van der Waals surface area contributed by atoms with E-state index in [1.54, 1.807) is 6.33 Å². The lowest BCUT2D eigenvalue weighted by Crippen LogP contribution is -2.40. The maximum atomic E-state index is 12.3. The van der Waals surface area contributed by atoms with E-state index in [2.05, 4.69) is 10.3 Å². The first kappa shape index (κ1) is 15.7. The van der Waals surface area contributed by atoms with E-state index in [1.807, 2.05) is 42.8 Å². The third kappa shape index (κ3) is 3.29. The summed E-state index contributed by atoms with van der Waals surface area (Å²) in [7, 11) is 1.98. The van der Waals surface area contributed by atoms with Crippen LogP contribution in [0.1, 0.15) is 31.4 Å². The van der Waals surface area contributed by atoms with Crippen LogP contribution in [0.4, 0.5) is 5.69 Å². The van der Waals surface area contributed by atoms with Crippen LogP contribution in [0, 0.1) is 12.8 Å². The van der Waals surface area contributed by atoms with Gasteiger partial charge in [-0.25, -0.2) is 4.98 Å². The van der Waals surface area contributed by atoms with Gasteiger partial charge >= 0.3 is 0 Å². The molecule has 1 aliphatic carbocycles. The number of rotatable bonds is 4. The minimum Gasteiger partial charge on any atom is -0.334 e. The van der Waals surface area contributed by atoms with Gasteiger partial charge in [0.05, 0.1) is 23.8 Å². The molecule has 122 valence electrons. The Morgan fingerprint density at radius 2 is 1.96 bits per heavy atom. The van der Waals surface area contributed by atoms with Crippen molar-refractivity contribution in [1.29, 1.82) is 0 Å². The van der Waals surface area contributed by atoms with Crippen molar-refractivity contribution < 1.29 is 4.79 Å². The Bertz CT molecular complexity index is 664. The molecule has 1 atom stereocenters. The molecule has 0 aliphatic heterocycles. The summed E-state index contributed by atoms with van der Waals surface area (Å²) in [5.41, 5.74) is 10.0. The Hall–Kier alpha value is -2.14. The third-order valence-electron chi connectivity index (χ3n) is 4.76. The number of anilines is 1. The van der Waals surface area contributed by atoms with Crippen LogP contribution in [0.15, 0.2) is 30.6 Å². The highest BCUT2D eigenvalue weighted by Crippen LogP contribution is 2.28. The van der Waals surface area contributed by atoms with Gasteiger partial charge < -0.3 is 15.6 Å². The molecule has 1 heterocycles. The Kier molecular flexibility index (Phi) is 4.48. The molecule has 5 heteroatoms. The first-order chi connectivity index (χ1) is 11.1. The summed E-state index contributed by atoms with van der Waals surface area (Å²) in [6.45, 7) is 1.99. The lowest BCUT2D eigenvalue weighted by atomic mass is 9.98. The van der Waals surface area contributed by atoms with Crippen LogP contribution in [-0.4, -0.2) is 21.5 Å². The third-order valence-corrected chi connectivity index (χ3v) is 4.76. The minimum atomic E-state index is -0.406. The lowest BCUT2D eigenvalue weighted by Gasteiger charge is -2.18. The van der Waals surface area contributed by atoms with E-state index in [4.69, 9.17) is 5.73 Å². The number of carbonyl (C=O) groups excluding carboxylic acids is 1. The summed E-state index contributed by atoms with van der Waals surface area (Å²) in [5, 5.41) is 2.93. The van der Waals surface area contributed by atoms with E-state index < -0.39 is 6.04 Å². The van der Waals surface area contributed by atoms with Gasteiger partial charge in [0.1, 0.15) is 0 Å². The van der Waals surface area contributed by atoms with Crippen molar-refractivity contribution >= 4 is 11.6 Å². The number of carbonyl (C=O) groups is 1. The van der Waals surface area contributed by atoms with E-state index in [9.17, 15) is 4.79 Å². The van der Waals surface area contributed by atoms with Gasteiger partial charge in [0.2, 0.25) is 5.91 Å². The van der Waals surface area contributed by atoms with Gasteiger partial charge in [-0.1, -0.05) is 25.0 Å². The number of hydrogen-bond acceptors (Lipinski definition) is 3. The number of hydrogen-bond donors (Lipinski definition) is 2. The van der Waals surface area contributed by atoms with Crippen LogP contribution < -0.4 is 11.1 Å². The molecule has 3 N–H and O–H groups in total. The van der Waals surface area contributed by atoms with Crippen molar-refractivity contribution in [3.63, 3.8) is 0 Å². The van der Waals surface area contributed by atoms with E-state index in [0.717, 1.165) is 35.5 Å². The van der Waals surface area contributed by atoms with E-state index in [1.165, 1.54) is 12.8 Å². The first-order valence-electron chi connectivity index (χ1n) is 8.21. The average molecular weight is 312 g/mol. The summed E-state index contributed by atoms with van der Waals surface area (Å²) < 4.78 is 2.00. The predicted molar refractivity (Wildman–Crippen MR) is 91.9 cm³/mol. The standard InChI is InChI=1S/C18H24N4O/c1-12-17(22(2)11-20-12)14-7-9-15(10-8-14)21-18(23)16(19)13-5-3-4-6-13/h7-11,13,16H,3-6,19H2,1-2H3,(H,21,23)/t16-/m0/s1. The normalized spacial score (nSPS) is 16.5. The number of nitrogens with two attached hydrogens (primary N) is 1. The highest BCUT2D eigenvalue weighted by molar-refractivity contribution is 5.95. The molecule has 0 unspecified atom stereocenters. The van der Waals surface area contributed by atoms with Crippen molar-refractivity contribution in [2.45, 2.75) is 38.6 Å². The Balaban J connectivity index is 1.69. The number of imidazole rings is 1. The van der Waals surface area contributed by atoms with Crippen LogP contribution in [0.3, 0.4) is 0 Å². The summed E-state index contributed by atoms with van der Waals surface area (Å²) >= 11 is 0. The average Bonchev–Trinajstić information content (AvgIpc) is 3.18. The molecule has 1 amide bonds. The maximum Gasteiger partial charge on any atom is 0.241 e. The topological polar surface area (TPSA) is 72.9 Å². The minimum absolute atomic E-state index is 0.0821. The summed E-state index contributed by atoms with van der Waals surface area (Å²) in [6.07, 6.45) is 6.30. The van der Waals surface area contributed by atoms with Crippen LogP contribution in [0.2, 0.25) is 0 Å². The first-order valence-corrected chi connectivity index (χ1v) is 8.21. The second-order valence-corrected chi connectivity index (χ2v) is 6.43. The smallest absolute Gasteiger partial charge is 0.241 e. The monoisotopic (exact) mass is 312 g/mol. The molecule has 5 nitrogen and oxygen atoms in total. The molecule has 1 saturated carbocycles. The van der Waals surface area contributed by atoms with Crippen molar-refractivity contribution in [1.82, 2.24) is 9.55 Å². The molecule has 2 aromatic rings. The molecule has 1 aromatic heterocycles. The zero-order valence-corrected chi connectivity index (χ0v) is 13.7. The number of nitrogens with one attached hydrogen (secondary N) is 1. The Labute approximate surface area is 136 Å². The molecule has 0 saturated heterocycles. The summed E-state index contributed by atoms with van der Waals surface area (Å²) in [6, 6.07) is 7.43. The number of benzene rings is 1. The van der Waals surface area contributed by atoms with Crippen LogP contribution in [0.5, 0.6) is 0 Å². The van der Waals surface area contributed by atoms with Crippen LogP contribution in [0.25, 0.3) is 11.3 Å².